The van der Waals surface area contributed by atoms with Gasteiger partial charge in [-0.05, 0) is 45.7 Å². The Morgan fingerprint density at radius 3 is 2.76 bits per heavy atom. The Labute approximate surface area is 128 Å². The fourth-order valence-electron chi connectivity index (χ4n) is 2.47. The highest BCUT2D eigenvalue weighted by atomic mass is 16.5. The number of anilines is 1. The molecule has 1 N–H and O–H groups in total. The molecule has 1 unspecified atom stereocenters. The van der Waals surface area contributed by atoms with E-state index in [1.807, 2.05) is 0 Å². The van der Waals surface area contributed by atoms with Crippen LogP contribution in [0.15, 0.2) is 12.1 Å². The van der Waals surface area contributed by atoms with E-state index >= 15 is 0 Å². The first-order valence-electron chi connectivity index (χ1n) is 7.97. The van der Waals surface area contributed by atoms with Crippen molar-refractivity contribution in [1.29, 1.82) is 0 Å². The van der Waals surface area contributed by atoms with Gasteiger partial charge in [0.25, 0.3) is 0 Å². The van der Waals surface area contributed by atoms with E-state index < -0.39 is 0 Å². The van der Waals surface area contributed by atoms with Crippen LogP contribution in [-0.4, -0.2) is 36.3 Å². The van der Waals surface area contributed by atoms with Crippen LogP contribution in [0.1, 0.15) is 45.4 Å². The van der Waals surface area contributed by atoms with Gasteiger partial charge in [0.05, 0.1) is 12.7 Å². The maximum atomic E-state index is 5.73. The molecule has 1 aliphatic heterocycles. The van der Waals surface area contributed by atoms with Crippen molar-refractivity contribution in [1.82, 2.24) is 10.3 Å². The Bertz CT molecular complexity index is 468. The quantitative estimate of drug-likeness (QED) is 0.925. The first-order valence-corrected chi connectivity index (χ1v) is 7.97. The first kappa shape index (κ1) is 16.2. The van der Waals surface area contributed by atoms with E-state index in [2.05, 4.69) is 57.0 Å². The SMILES string of the molecule is CCC1CN(c2ccc(CNC(C)(C)C)c(C)n2)CCO1. The summed E-state index contributed by atoms with van der Waals surface area (Å²) in [5, 5.41) is 3.52. The summed E-state index contributed by atoms with van der Waals surface area (Å²) < 4.78 is 5.73. The molecule has 0 spiro atoms. The third kappa shape index (κ3) is 4.68. The van der Waals surface area contributed by atoms with E-state index in [1.165, 1.54) is 5.56 Å². The first-order chi connectivity index (χ1) is 9.89. The van der Waals surface area contributed by atoms with E-state index in [0.717, 1.165) is 44.2 Å². The van der Waals surface area contributed by atoms with Crippen LogP contribution < -0.4 is 10.2 Å². The minimum absolute atomic E-state index is 0.129. The molecule has 0 aromatic carbocycles. The van der Waals surface area contributed by atoms with Gasteiger partial charge in [-0.1, -0.05) is 13.0 Å². The average molecular weight is 291 g/mol. The summed E-state index contributed by atoms with van der Waals surface area (Å²) in [6.07, 6.45) is 1.39. The molecule has 1 atom stereocenters. The van der Waals surface area contributed by atoms with Gasteiger partial charge in [-0.25, -0.2) is 4.98 Å². The summed E-state index contributed by atoms with van der Waals surface area (Å²) in [6, 6.07) is 4.34. The van der Waals surface area contributed by atoms with Gasteiger partial charge in [0.15, 0.2) is 0 Å². The molecule has 2 rings (SSSR count). The van der Waals surface area contributed by atoms with Gasteiger partial charge in [0.2, 0.25) is 0 Å². The van der Waals surface area contributed by atoms with E-state index in [-0.39, 0.29) is 5.54 Å². The maximum absolute atomic E-state index is 5.73. The maximum Gasteiger partial charge on any atom is 0.128 e. The van der Waals surface area contributed by atoms with E-state index in [9.17, 15) is 0 Å². The highest BCUT2D eigenvalue weighted by molar-refractivity contribution is 5.42. The van der Waals surface area contributed by atoms with Crippen molar-refractivity contribution in [2.75, 3.05) is 24.6 Å². The van der Waals surface area contributed by atoms with Crippen LogP contribution in [-0.2, 0) is 11.3 Å². The predicted octanol–water partition coefficient (Wildman–Crippen LogP) is 2.89. The second-order valence-electron chi connectivity index (χ2n) is 6.86. The number of aryl methyl sites for hydroxylation is 1. The van der Waals surface area contributed by atoms with Crippen molar-refractivity contribution in [3.8, 4) is 0 Å². The summed E-state index contributed by atoms with van der Waals surface area (Å²) in [6.45, 7) is 14.4. The van der Waals surface area contributed by atoms with Crippen molar-refractivity contribution >= 4 is 5.82 Å². The van der Waals surface area contributed by atoms with Gasteiger partial charge >= 0.3 is 0 Å². The van der Waals surface area contributed by atoms with E-state index in [0.29, 0.717) is 6.10 Å². The lowest BCUT2D eigenvalue weighted by atomic mass is 10.1. The highest BCUT2D eigenvalue weighted by Crippen LogP contribution is 2.19. The molecule has 4 nitrogen and oxygen atoms in total. The van der Waals surface area contributed by atoms with Crippen molar-refractivity contribution < 1.29 is 4.74 Å². The number of nitrogens with one attached hydrogen (secondary N) is 1. The van der Waals surface area contributed by atoms with Gasteiger partial charge < -0.3 is 15.0 Å². The molecule has 21 heavy (non-hydrogen) atoms. The van der Waals surface area contributed by atoms with Crippen LogP contribution in [0.4, 0.5) is 5.82 Å². The monoisotopic (exact) mass is 291 g/mol. The Hall–Kier alpha value is -1.13. The lowest BCUT2D eigenvalue weighted by Crippen LogP contribution is -2.42. The molecule has 1 saturated heterocycles. The summed E-state index contributed by atoms with van der Waals surface area (Å²) in [7, 11) is 0. The minimum Gasteiger partial charge on any atom is -0.375 e. The van der Waals surface area contributed by atoms with Gasteiger partial charge in [-0.3, -0.25) is 0 Å². The lowest BCUT2D eigenvalue weighted by molar-refractivity contribution is 0.0381. The topological polar surface area (TPSA) is 37.4 Å². The zero-order valence-electron chi connectivity index (χ0n) is 14.1. The summed E-state index contributed by atoms with van der Waals surface area (Å²) in [5.41, 5.74) is 2.52. The Balaban J connectivity index is 2.04. The molecule has 1 aromatic rings. The number of hydrogen-bond donors (Lipinski definition) is 1. The third-order valence-corrected chi connectivity index (χ3v) is 3.91. The number of aromatic nitrogens is 1. The fourth-order valence-corrected chi connectivity index (χ4v) is 2.47. The van der Waals surface area contributed by atoms with Gasteiger partial charge in [-0.15, -0.1) is 0 Å². The number of pyridine rings is 1. The molecule has 1 aromatic heterocycles. The number of hydrogen-bond acceptors (Lipinski definition) is 4. The minimum atomic E-state index is 0.129. The number of nitrogens with zero attached hydrogens (tertiary/aromatic N) is 2. The van der Waals surface area contributed by atoms with Crippen molar-refractivity contribution in [3.05, 3.63) is 23.4 Å². The largest absolute Gasteiger partial charge is 0.375 e. The second-order valence-corrected chi connectivity index (χ2v) is 6.86. The van der Waals surface area contributed by atoms with Crippen LogP contribution in [0.3, 0.4) is 0 Å². The molecule has 0 radical (unpaired) electrons. The molecule has 118 valence electrons. The fraction of sp³-hybridized carbons (Fsp3) is 0.706. The van der Waals surface area contributed by atoms with Crippen LogP contribution in [0.25, 0.3) is 0 Å². The van der Waals surface area contributed by atoms with Crippen molar-refractivity contribution in [2.24, 2.45) is 0 Å². The third-order valence-electron chi connectivity index (χ3n) is 3.91. The number of ether oxygens (including phenoxy) is 1. The molecule has 0 bridgehead atoms. The highest BCUT2D eigenvalue weighted by Gasteiger charge is 2.20. The molecule has 0 saturated carbocycles. The normalized spacial score (nSPS) is 19.9. The average Bonchev–Trinajstić information content (AvgIpc) is 2.45. The molecule has 1 fully saturated rings. The van der Waals surface area contributed by atoms with Gasteiger partial charge in [0, 0.05) is 30.9 Å². The predicted molar refractivity (Wildman–Crippen MR) is 87.8 cm³/mol. The van der Waals surface area contributed by atoms with Crippen LogP contribution >= 0.6 is 0 Å². The van der Waals surface area contributed by atoms with Crippen molar-refractivity contribution in [2.45, 2.75) is 59.2 Å². The van der Waals surface area contributed by atoms with E-state index in [1.54, 1.807) is 0 Å². The van der Waals surface area contributed by atoms with Gasteiger partial charge in [-0.2, -0.15) is 0 Å². The zero-order valence-corrected chi connectivity index (χ0v) is 14.1. The Morgan fingerprint density at radius 2 is 2.14 bits per heavy atom. The molecule has 2 heterocycles. The summed E-state index contributed by atoms with van der Waals surface area (Å²) in [5.74, 6) is 1.08. The standard InChI is InChI=1S/C17H29N3O/c1-6-15-12-20(9-10-21-15)16-8-7-14(13(2)19-16)11-18-17(3,4)5/h7-8,15,18H,6,9-12H2,1-5H3. The lowest BCUT2D eigenvalue weighted by Gasteiger charge is -2.33. The van der Waals surface area contributed by atoms with Crippen LogP contribution in [0, 0.1) is 6.92 Å². The Kier molecular flexibility index (Phi) is 5.22. The summed E-state index contributed by atoms with van der Waals surface area (Å²) >= 11 is 0. The van der Waals surface area contributed by atoms with E-state index in [4.69, 9.17) is 9.72 Å². The molecule has 4 heteroatoms. The smallest absolute Gasteiger partial charge is 0.128 e. The summed E-state index contributed by atoms with van der Waals surface area (Å²) in [4.78, 5) is 7.14. The van der Waals surface area contributed by atoms with Crippen LogP contribution in [0.2, 0.25) is 0 Å². The zero-order chi connectivity index (χ0) is 15.5. The molecule has 0 amide bonds. The van der Waals surface area contributed by atoms with Crippen molar-refractivity contribution in [3.63, 3.8) is 0 Å². The number of morpholine rings is 1. The molecule has 0 aliphatic carbocycles. The second kappa shape index (κ2) is 6.75. The molecular formula is C17H29N3O. The Morgan fingerprint density at radius 1 is 1.38 bits per heavy atom. The molecule has 1 aliphatic rings. The van der Waals surface area contributed by atoms with Crippen LogP contribution in [0.5, 0.6) is 0 Å². The van der Waals surface area contributed by atoms with Gasteiger partial charge in [0.1, 0.15) is 5.82 Å². The number of rotatable bonds is 4. The molecular weight excluding hydrogens is 262 g/mol.